The molecule has 2 aromatic heterocycles. The van der Waals surface area contributed by atoms with Crippen LogP contribution in [0.2, 0.25) is 0 Å². The van der Waals surface area contributed by atoms with Crippen molar-refractivity contribution in [2.45, 2.75) is 39.2 Å². The number of aryl methyl sites for hydroxylation is 2. The van der Waals surface area contributed by atoms with Crippen LogP contribution in [0.3, 0.4) is 0 Å². The molecule has 1 aliphatic heterocycles. The summed E-state index contributed by atoms with van der Waals surface area (Å²) in [5.74, 6) is 0.0729. The van der Waals surface area contributed by atoms with Crippen molar-refractivity contribution < 1.29 is 4.79 Å². The molecule has 3 rings (SSSR count). The topological polar surface area (TPSA) is 46.1 Å². The van der Waals surface area contributed by atoms with E-state index in [1.807, 2.05) is 24.8 Å². The maximum absolute atomic E-state index is 12.8. The van der Waals surface area contributed by atoms with Gasteiger partial charge in [0.1, 0.15) is 5.01 Å². The Morgan fingerprint density at radius 2 is 2.19 bits per heavy atom. The molecule has 0 aliphatic carbocycles. The Morgan fingerprint density at radius 3 is 2.90 bits per heavy atom. The van der Waals surface area contributed by atoms with Crippen LogP contribution >= 0.6 is 11.3 Å². The van der Waals surface area contributed by atoms with Gasteiger partial charge in [-0.3, -0.25) is 9.78 Å². The molecule has 0 saturated carbocycles. The van der Waals surface area contributed by atoms with Crippen LogP contribution in [0.15, 0.2) is 23.8 Å². The van der Waals surface area contributed by atoms with Crippen molar-refractivity contribution in [1.29, 1.82) is 0 Å². The Bertz CT molecular complexity index is 652. The van der Waals surface area contributed by atoms with Crippen molar-refractivity contribution in [1.82, 2.24) is 14.9 Å². The summed E-state index contributed by atoms with van der Waals surface area (Å²) in [6, 6.07) is 2.03. The molecule has 21 heavy (non-hydrogen) atoms. The van der Waals surface area contributed by atoms with Crippen LogP contribution in [0.4, 0.5) is 0 Å². The van der Waals surface area contributed by atoms with Gasteiger partial charge in [0.15, 0.2) is 0 Å². The van der Waals surface area contributed by atoms with Gasteiger partial charge in [0.25, 0.3) is 5.91 Å². The van der Waals surface area contributed by atoms with E-state index in [9.17, 15) is 4.79 Å². The van der Waals surface area contributed by atoms with E-state index in [0.717, 1.165) is 42.1 Å². The van der Waals surface area contributed by atoms with Crippen molar-refractivity contribution in [3.63, 3.8) is 0 Å². The third-order valence-corrected chi connectivity index (χ3v) is 4.87. The van der Waals surface area contributed by atoms with Crippen molar-refractivity contribution in [2.75, 3.05) is 6.54 Å². The maximum Gasteiger partial charge on any atom is 0.256 e. The van der Waals surface area contributed by atoms with E-state index in [4.69, 9.17) is 0 Å². The van der Waals surface area contributed by atoms with Crippen LogP contribution in [0.5, 0.6) is 0 Å². The summed E-state index contributed by atoms with van der Waals surface area (Å²) in [7, 11) is 0. The smallest absolute Gasteiger partial charge is 0.256 e. The number of thiazole rings is 1. The normalized spacial score (nSPS) is 18.8. The molecule has 4 nitrogen and oxygen atoms in total. The largest absolute Gasteiger partial charge is 0.329 e. The average Bonchev–Trinajstić information content (AvgIpc) is 2.93. The summed E-state index contributed by atoms with van der Waals surface area (Å²) in [5.41, 5.74) is 2.72. The molecule has 1 atom stereocenters. The summed E-state index contributed by atoms with van der Waals surface area (Å²) in [6.07, 6.45) is 6.64. The molecule has 3 heterocycles. The number of carbonyl (C=O) groups is 1. The molecular formula is C16H19N3OS. The minimum absolute atomic E-state index is 0.0729. The summed E-state index contributed by atoms with van der Waals surface area (Å²) >= 11 is 1.65. The molecule has 1 fully saturated rings. The highest BCUT2D eigenvalue weighted by atomic mass is 32.1. The molecule has 0 N–H and O–H groups in total. The molecule has 5 heteroatoms. The number of nitrogens with zero attached hydrogens (tertiary/aromatic N) is 3. The first-order chi connectivity index (χ1) is 10.1. The fourth-order valence-electron chi connectivity index (χ4n) is 2.79. The van der Waals surface area contributed by atoms with E-state index in [2.05, 4.69) is 15.3 Å². The zero-order valence-corrected chi connectivity index (χ0v) is 13.2. The second kappa shape index (κ2) is 5.93. The van der Waals surface area contributed by atoms with Crippen LogP contribution in [0.1, 0.15) is 51.9 Å². The van der Waals surface area contributed by atoms with Gasteiger partial charge in [-0.2, -0.15) is 0 Å². The first-order valence-corrected chi connectivity index (χ1v) is 8.18. The third kappa shape index (κ3) is 2.97. The molecule has 1 amide bonds. The average molecular weight is 301 g/mol. The molecule has 1 unspecified atom stereocenters. The summed E-state index contributed by atoms with van der Waals surface area (Å²) in [5, 5.41) is 3.11. The highest BCUT2D eigenvalue weighted by Gasteiger charge is 2.30. The second-order valence-electron chi connectivity index (χ2n) is 5.59. The molecular weight excluding hydrogens is 282 g/mol. The predicted molar refractivity (Wildman–Crippen MR) is 83.5 cm³/mol. The fraction of sp³-hybridized carbons (Fsp3) is 0.438. The lowest BCUT2D eigenvalue weighted by molar-refractivity contribution is 0.0610. The first-order valence-electron chi connectivity index (χ1n) is 7.30. The SMILES string of the molecule is Cc1cncc(C(=O)N2CCCCC2c2nc(C)cs2)c1. The predicted octanol–water partition coefficient (Wildman–Crippen LogP) is 3.52. The minimum Gasteiger partial charge on any atom is -0.329 e. The van der Waals surface area contributed by atoms with Gasteiger partial charge in [-0.25, -0.2) is 4.98 Å². The number of likely N-dealkylation sites (tertiary alicyclic amines) is 1. The maximum atomic E-state index is 12.8. The Hall–Kier alpha value is -1.75. The first kappa shape index (κ1) is 14.2. The zero-order chi connectivity index (χ0) is 14.8. The molecule has 1 aliphatic rings. The Balaban J connectivity index is 1.89. The number of amides is 1. The number of rotatable bonds is 2. The monoisotopic (exact) mass is 301 g/mol. The number of hydrogen-bond acceptors (Lipinski definition) is 4. The van der Waals surface area contributed by atoms with Crippen LogP contribution < -0.4 is 0 Å². The lowest BCUT2D eigenvalue weighted by atomic mass is 10.0. The lowest BCUT2D eigenvalue weighted by Gasteiger charge is -2.34. The number of hydrogen-bond donors (Lipinski definition) is 0. The van der Waals surface area contributed by atoms with Gasteiger partial charge in [-0.1, -0.05) is 0 Å². The highest BCUT2D eigenvalue weighted by Crippen LogP contribution is 2.33. The highest BCUT2D eigenvalue weighted by molar-refractivity contribution is 7.09. The molecule has 1 saturated heterocycles. The number of piperidine rings is 1. The fourth-order valence-corrected chi connectivity index (χ4v) is 3.74. The van der Waals surface area contributed by atoms with Gasteiger partial charge in [0.2, 0.25) is 0 Å². The van der Waals surface area contributed by atoms with Gasteiger partial charge in [-0.15, -0.1) is 11.3 Å². The number of carbonyl (C=O) groups excluding carboxylic acids is 1. The van der Waals surface area contributed by atoms with E-state index < -0.39 is 0 Å². The quantitative estimate of drug-likeness (QED) is 0.852. The number of aromatic nitrogens is 2. The molecule has 0 radical (unpaired) electrons. The van der Waals surface area contributed by atoms with Gasteiger partial charge >= 0.3 is 0 Å². The van der Waals surface area contributed by atoms with Crippen molar-refractivity contribution in [3.05, 3.63) is 45.7 Å². The summed E-state index contributed by atoms with van der Waals surface area (Å²) in [6.45, 7) is 4.76. The summed E-state index contributed by atoms with van der Waals surface area (Å²) in [4.78, 5) is 23.5. The third-order valence-electron chi connectivity index (χ3n) is 3.81. The second-order valence-corrected chi connectivity index (χ2v) is 6.48. The van der Waals surface area contributed by atoms with Crippen LogP contribution in [0.25, 0.3) is 0 Å². The zero-order valence-electron chi connectivity index (χ0n) is 12.4. The molecule has 0 bridgehead atoms. The van der Waals surface area contributed by atoms with Crippen LogP contribution in [0, 0.1) is 13.8 Å². The standard InChI is InChI=1S/C16H19N3OS/c1-11-7-13(9-17-8-11)16(20)19-6-4-3-5-14(19)15-18-12(2)10-21-15/h7-10,14H,3-6H2,1-2H3. The van der Waals surface area contributed by atoms with Crippen LogP contribution in [-0.2, 0) is 0 Å². The molecule has 0 aromatic carbocycles. The van der Waals surface area contributed by atoms with E-state index in [0.29, 0.717) is 5.56 Å². The lowest BCUT2D eigenvalue weighted by Crippen LogP contribution is -2.38. The van der Waals surface area contributed by atoms with E-state index in [1.165, 1.54) is 0 Å². The summed E-state index contributed by atoms with van der Waals surface area (Å²) < 4.78 is 0. The Labute approximate surface area is 128 Å². The van der Waals surface area contributed by atoms with E-state index in [-0.39, 0.29) is 11.9 Å². The van der Waals surface area contributed by atoms with Gasteiger partial charge in [0.05, 0.1) is 11.6 Å². The van der Waals surface area contributed by atoms with Gasteiger partial charge < -0.3 is 4.90 Å². The Morgan fingerprint density at radius 1 is 1.33 bits per heavy atom. The molecule has 0 spiro atoms. The molecule has 110 valence electrons. The van der Waals surface area contributed by atoms with Crippen LogP contribution in [-0.4, -0.2) is 27.3 Å². The van der Waals surface area contributed by atoms with Crippen molar-refractivity contribution in [2.24, 2.45) is 0 Å². The number of pyridine rings is 1. The Kier molecular flexibility index (Phi) is 4.01. The van der Waals surface area contributed by atoms with Crippen molar-refractivity contribution in [3.8, 4) is 0 Å². The molecule has 2 aromatic rings. The van der Waals surface area contributed by atoms with Gasteiger partial charge in [0, 0.05) is 30.0 Å². The van der Waals surface area contributed by atoms with Gasteiger partial charge in [-0.05, 0) is 44.7 Å². The minimum atomic E-state index is 0.0729. The van der Waals surface area contributed by atoms with Crippen molar-refractivity contribution >= 4 is 17.2 Å². The van der Waals surface area contributed by atoms with E-state index >= 15 is 0 Å². The van der Waals surface area contributed by atoms with E-state index in [1.54, 1.807) is 23.7 Å².